The molecule has 1 aromatic carbocycles. The highest BCUT2D eigenvalue weighted by Crippen LogP contribution is 2.37. The fourth-order valence-electron chi connectivity index (χ4n) is 2.45. The third-order valence-electron chi connectivity index (χ3n) is 3.48. The molecule has 1 heterocycles. The second-order valence-corrected chi connectivity index (χ2v) is 6.52. The third-order valence-corrected chi connectivity index (χ3v) is 5.25. The number of esters is 1. The van der Waals surface area contributed by atoms with Gasteiger partial charge in [0.2, 0.25) is 0 Å². The van der Waals surface area contributed by atoms with E-state index in [1.807, 2.05) is 0 Å². The summed E-state index contributed by atoms with van der Waals surface area (Å²) in [6, 6.07) is 6.59. The van der Waals surface area contributed by atoms with E-state index in [-0.39, 0.29) is 23.7 Å². The fraction of sp³-hybridized carbons (Fsp3) is 0.462. The van der Waals surface area contributed by atoms with E-state index in [2.05, 4.69) is 5.32 Å². The van der Waals surface area contributed by atoms with E-state index in [4.69, 9.17) is 4.74 Å². The smallest absolute Gasteiger partial charge is 0.331 e. The zero-order valence-electron chi connectivity index (χ0n) is 11.0. The van der Waals surface area contributed by atoms with Crippen LogP contribution >= 0.6 is 0 Å². The van der Waals surface area contributed by atoms with Crippen molar-refractivity contribution in [2.75, 3.05) is 19.4 Å². The highest BCUT2D eigenvalue weighted by atomic mass is 32.2. The first-order valence-corrected chi connectivity index (χ1v) is 7.81. The number of carbonyl (C=O) groups excluding carboxylic acids is 1. The Balaban J connectivity index is 2.63. The second kappa shape index (κ2) is 4.94. The van der Waals surface area contributed by atoms with Crippen LogP contribution in [0.1, 0.15) is 18.9 Å². The number of carbonyl (C=O) groups is 1. The molecule has 19 heavy (non-hydrogen) atoms. The molecule has 1 aliphatic rings. The molecule has 1 unspecified atom stereocenters. The van der Waals surface area contributed by atoms with Crippen LogP contribution in [0.5, 0.6) is 0 Å². The molecule has 0 bridgehead atoms. The number of hydrogen-bond acceptors (Lipinski definition) is 5. The molecule has 0 saturated heterocycles. The number of benzene rings is 1. The summed E-state index contributed by atoms with van der Waals surface area (Å²) in [4.78, 5) is 12.5. The molecule has 0 aliphatic carbocycles. The highest BCUT2D eigenvalue weighted by Gasteiger charge is 2.47. The number of ether oxygens (including phenoxy) is 1. The summed E-state index contributed by atoms with van der Waals surface area (Å²) in [7, 11) is -1.67. The Hall–Kier alpha value is -1.40. The average Bonchev–Trinajstić information content (AvgIpc) is 2.40. The average molecular weight is 283 g/mol. The monoisotopic (exact) mass is 283 g/mol. The molecule has 1 N–H and O–H groups in total. The molecule has 1 aliphatic heterocycles. The van der Waals surface area contributed by atoms with Crippen LogP contribution in [0, 0.1) is 0 Å². The van der Waals surface area contributed by atoms with Gasteiger partial charge in [-0.05, 0) is 26.5 Å². The summed E-state index contributed by atoms with van der Waals surface area (Å²) in [5.41, 5.74) is -0.597. The van der Waals surface area contributed by atoms with Crippen molar-refractivity contribution in [1.82, 2.24) is 5.32 Å². The maximum absolute atomic E-state index is 12.2. The van der Waals surface area contributed by atoms with Crippen LogP contribution in [-0.2, 0) is 24.9 Å². The third kappa shape index (κ3) is 2.15. The molecule has 5 nitrogen and oxygen atoms in total. The number of fused-ring (bicyclic) bond motifs is 1. The van der Waals surface area contributed by atoms with Gasteiger partial charge in [0.15, 0.2) is 9.84 Å². The first-order chi connectivity index (χ1) is 8.98. The van der Waals surface area contributed by atoms with Gasteiger partial charge < -0.3 is 10.1 Å². The minimum atomic E-state index is -3.32. The van der Waals surface area contributed by atoms with E-state index < -0.39 is 21.3 Å². The molecule has 0 amide bonds. The Morgan fingerprint density at radius 2 is 2.11 bits per heavy atom. The van der Waals surface area contributed by atoms with E-state index in [0.717, 1.165) is 0 Å². The second-order valence-electron chi connectivity index (χ2n) is 4.44. The van der Waals surface area contributed by atoms with Gasteiger partial charge in [-0.3, -0.25) is 0 Å². The lowest BCUT2D eigenvalue weighted by atomic mass is 9.87. The van der Waals surface area contributed by atoms with E-state index >= 15 is 0 Å². The molecular weight excluding hydrogens is 266 g/mol. The number of nitrogens with one attached hydrogen (secondary N) is 1. The van der Waals surface area contributed by atoms with Gasteiger partial charge >= 0.3 is 5.97 Å². The van der Waals surface area contributed by atoms with Gasteiger partial charge in [0, 0.05) is 5.56 Å². The van der Waals surface area contributed by atoms with Gasteiger partial charge in [-0.15, -0.1) is 0 Å². The van der Waals surface area contributed by atoms with E-state index in [1.165, 1.54) is 6.07 Å². The van der Waals surface area contributed by atoms with Gasteiger partial charge in [0.05, 0.1) is 17.3 Å². The number of likely N-dealkylation sites (N-methyl/N-ethyl adjacent to an activating group) is 1. The largest absolute Gasteiger partial charge is 0.464 e. The van der Waals surface area contributed by atoms with Crippen LogP contribution in [-0.4, -0.2) is 33.8 Å². The van der Waals surface area contributed by atoms with Crippen molar-refractivity contribution in [2.24, 2.45) is 0 Å². The molecule has 104 valence electrons. The lowest BCUT2D eigenvalue weighted by Gasteiger charge is -2.36. The van der Waals surface area contributed by atoms with Gasteiger partial charge in [0.25, 0.3) is 0 Å². The summed E-state index contributed by atoms with van der Waals surface area (Å²) in [6.45, 7) is 1.99. The van der Waals surface area contributed by atoms with Crippen molar-refractivity contribution in [2.45, 2.75) is 23.8 Å². The lowest BCUT2D eigenvalue weighted by Crippen LogP contribution is -2.52. The Bertz CT molecular complexity index is 596. The highest BCUT2D eigenvalue weighted by molar-refractivity contribution is 7.91. The molecule has 1 atom stereocenters. The maximum atomic E-state index is 12.2. The van der Waals surface area contributed by atoms with E-state index in [9.17, 15) is 13.2 Å². The maximum Gasteiger partial charge on any atom is 0.331 e. The molecule has 1 aromatic rings. The predicted molar refractivity (Wildman–Crippen MR) is 70.5 cm³/mol. The Morgan fingerprint density at radius 3 is 2.74 bits per heavy atom. The zero-order valence-corrected chi connectivity index (χ0v) is 11.8. The van der Waals surface area contributed by atoms with Crippen molar-refractivity contribution in [3.8, 4) is 0 Å². The first-order valence-electron chi connectivity index (χ1n) is 6.16. The molecular formula is C13H17NO4S. The summed E-state index contributed by atoms with van der Waals surface area (Å²) in [5, 5.41) is 2.96. The summed E-state index contributed by atoms with van der Waals surface area (Å²) >= 11 is 0. The van der Waals surface area contributed by atoms with Crippen LogP contribution < -0.4 is 5.32 Å². The molecule has 0 fully saturated rings. The van der Waals surface area contributed by atoms with Crippen LogP contribution in [0.15, 0.2) is 29.2 Å². The SMILES string of the molecule is CCOC(=O)C1(NC)CCS(=O)(=O)c2ccccc21. The quantitative estimate of drug-likeness (QED) is 0.832. The summed E-state index contributed by atoms with van der Waals surface area (Å²) in [5.74, 6) is -0.497. The number of rotatable bonds is 3. The van der Waals surface area contributed by atoms with Crippen LogP contribution in [0.25, 0.3) is 0 Å². The van der Waals surface area contributed by atoms with Gasteiger partial charge in [-0.1, -0.05) is 18.2 Å². The molecule has 0 radical (unpaired) electrons. The van der Waals surface area contributed by atoms with E-state index in [0.29, 0.717) is 5.56 Å². The van der Waals surface area contributed by atoms with E-state index in [1.54, 1.807) is 32.2 Å². The molecule has 0 spiro atoms. The van der Waals surface area contributed by atoms with Crippen LogP contribution in [0.4, 0.5) is 0 Å². The standard InChI is InChI=1S/C13H17NO4S/c1-3-18-12(15)13(14-2)8-9-19(16,17)11-7-5-4-6-10(11)13/h4-7,14H,3,8-9H2,1-2H3. The Morgan fingerprint density at radius 1 is 1.42 bits per heavy atom. The first kappa shape index (κ1) is 14.0. The van der Waals surface area contributed by atoms with Crippen molar-refractivity contribution in [3.05, 3.63) is 29.8 Å². The van der Waals surface area contributed by atoms with Gasteiger partial charge in [-0.2, -0.15) is 0 Å². The van der Waals surface area contributed by atoms with Crippen molar-refractivity contribution in [3.63, 3.8) is 0 Å². The zero-order chi connectivity index (χ0) is 14.1. The normalized spacial score (nSPS) is 24.5. The van der Waals surface area contributed by atoms with Crippen LogP contribution in [0.2, 0.25) is 0 Å². The Kier molecular flexibility index (Phi) is 3.64. The molecule has 6 heteroatoms. The summed E-state index contributed by atoms with van der Waals surface area (Å²) in [6.07, 6.45) is 0.182. The molecule has 0 aromatic heterocycles. The van der Waals surface area contributed by atoms with Gasteiger partial charge in [-0.25, -0.2) is 13.2 Å². The predicted octanol–water partition coefficient (Wildman–Crippen LogP) is 0.842. The van der Waals surface area contributed by atoms with Crippen molar-refractivity contribution in [1.29, 1.82) is 0 Å². The minimum absolute atomic E-state index is 0.0658. The number of hydrogen-bond donors (Lipinski definition) is 1. The van der Waals surface area contributed by atoms with Crippen molar-refractivity contribution < 1.29 is 17.9 Å². The summed E-state index contributed by atoms with van der Waals surface area (Å²) < 4.78 is 29.3. The van der Waals surface area contributed by atoms with Crippen LogP contribution in [0.3, 0.4) is 0 Å². The van der Waals surface area contributed by atoms with Crippen molar-refractivity contribution >= 4 is 15.8 Å². The number of sulfone groups is 1. The topological polar surface area (TPSA) is 72.5 Å². The minimum Gasteiger partial charge on any atom is -0.464 e. The molecule has 2 rings (SSSR count). The van der Waals surface area contributed by atoms with Gasteiger partial charge in [0.1, 0.15) is 5.54 Å². The Labute approximate surface area is 112 Å². The fourth-order valence-corrected chi connectivity index (χ4v) is 4.11. The lowest BCUT2D eigenvalue weighted by molar-refractivity contribution is -0.152. The molecule has 0 saturated carbocycles.